The third kappa shape index (κ3) is 10.0. The summed E-state index contributed by atoms with van der Waals surface area (Å²) in [4.78, 5) is 10.3. The van der Waals surface area contributed by atoms with E-state index in [1.54, 1.807) is 66.4 Å². The number of hydrogen-bond donors (Lipinski definition) is 4. The molecule has 43 heavy (non-hydrogen) atoms. The van der Waals surface area contributed by atoms with Crippen LogP contribution in [0.15, 0.2) is 94.9 Å². The molecule has 4 aromatic rings. The van der Waals surface area contributed by atoms with Crippen molar-refractivity contribution in [2.45, 2.75) is 54.4 Å². The van der Waals surface area contributed by atoms with Gasteiger partial charge in [0, 0.05) is 46.3 Å². The number of carbonyl (C=O) groups is 1. The molecule has 3 aromatic carbocycles. The Bertz CT molecular complexity index is 1630. The molecule has 232 valence electrons. The van der Waals surface area contributed by atoms with Crippen LogP contribution in [0.25, 0.3) is 10.9 Å². The fraction of sp³-hybridized carbons (Fsp3) is 0.300. The first-order chi connectivity index (χ1) is 20.1. The molecule has 0 saturated carbocycles. The molecule has 1 aromatic heterocycles. The van der Waals surface area contributed by atoms with Gasteiger partial charge in [-0.1, -0.05) is 30.3 Å². The van der Waals surface area contributed by atoms with Crippen LogP contribution in [0.2, 0.25) is 0 Å². The van der Waals surface area contributed by atoms with E-state index in [2.05, 4.69) is 65.2 Å². The highest BCUT2D eigenvalue weighted by molar-refractivity contribution is 7.98. The van der Waals surface area contributed by atoms with Gasteiger partial charge < -0.3 is 20.1 Å². The lowest BCUT2D eigenvalue weighted by molar-refractivity contribution is -0.192. The number of nitrogens with one attached hydrogen (secondary N) is 2. The number of β-amino-alcohol motifs (C(OH)–C–C–N with tert-alkyl or cyclic N) is 1. The summed E-state index contributed by atoms with van der Waals surface area (Å²) >= 11 is 1.74. The Morgan fingerprint density at radius 2 is 1.67 bits per heavy atom. The van der Waals surface area contributed by atoms with Crippen LogP contribution in [0, 0.1) is 0 Å². The zero-order valence-corrected chi connectivity index (χ0v) is 25.4. The van der Waals surface area contributed by atoms with Gasteiger partial charge in [-0.05, 0) is 80.6 Å². The third-order valence-electron chi connectivity index (χ3n) is 6.55. The van der Waals surface area contributed by atoms with E-state index < -0.39 is 28.3 Å². The van der Waals surface area contributed by atoms with E-state index in [4.69, 9.17) is 9.90 Å². The maximum atomic E-state index is 12.6. The highest BCUT2D eigenvalue weighted by atomic mass is 32.2. The average Bonchev–Trinajstić information content (AvgIpc) is 3.37. The maximum Gasteiger partial charge on any atom is 0.490 e. The lowest BCUT2D eigenvalue weighted by Gasteiger charge is -2.28. The lowest BCUT2D eigenvalue weighted by atomic mass is 9.99. The number of thioether (sulfide) groups is 1. The van der Waals surface area contributed by atoms with E-state index in [0.29, 0.717) is 17.8 Å². The second-order valence-electron chi connectivity index (χ2n) is 10.3. The van der Waals surface area contributed by atoms with Crippen molar-refractivity contribution in [2.24, 2.45) is 0 Å². The quantitative estimate of drug-likeness (QED) is 0.143. The van der Waals surface area contributed by atoms with Crippen molar-refractivity contribution in [3.05, 3.63) is 90.6 Å². The standard InChI is InChI=1S/C28H33N3O3S2.C2HF3O2/c1-28(2,15-17-31-16-14-21-19-24(35-3)12-13-26(21)31)29-20-27(32)22-8-7-9-23(18-22)30-36(33,34)25-10-5-4-6-11-25;3-2(4,5)1(6)7/h4-14,16,18-19,27,29-30,32H,15,17,20H2,1-3H3;(H,6,7)/t27-;/m0./s1. The van der Waals surface area contributed by atoms with Gasteiger partial charge in [0.2, 0.25) is 0 Å². The zero-order chi connectivity index (χ0) is 31.8. The second-order valence-corrected chi connectivity index (χ2v) is 12.9. The van der Waals surface area contributed by atoms with Gasteiger partial charge >= 0.3 is 12.1 Å². The van der Waals surface area contributed by atoms with Crippen molar-refractivity contribution in [2.75, 3.05) is 17.5 Å². The maximum absolute atomic E-state index is 12.6. The van der Waals surface area contributed by atoms with Gasteiger partial charge in [-0.3, -0.25) is 4.72 Å². The SMILES string of the molecule is CSc1ccc2c(ccn2CCC(C)(C)NC[C@H](O)c2cccc(NS(=O)(=O)c3ccccc3)c2)c1.O=C(O)C(F)(F)F. The number of alkyl halides is 3. The van der Waals surface area contributed by atoms with Crippen molar-refractivity contribution < 1.29 is 36.6 Å². The fourth-order valence-electron chi connectivity index (χ4n) is 4.10. The van der Waals surface area contributed by atoms with Crippen molar-refractivity contribution in [3.8, 4) is 0 Å². The number of aliphatic hydroxyl groups is 1. The molecule has 0 aliphatic heterocycles. The minimum Gasteiger partial charge on any atom is -0.475 e. The highest BCUT2D eigenvalue weighted by Gasteiger charge is 2.38. The normalized spacial score (nSPS) is 12.8. The number of aromatic nitrogens is 1. The van der Waals surface area contributed by atoms with Crippen molar-refractivity contribution >= 4 is 44.3 Å². The van der Waals surface area contributed by atoms with E-state index in [0.717, 1.165) is 13.0 Å². The number of anilines is 1. The van der Waals surface area contributed by atoms with Gasteiger partial charge in [-0.2, -0.15) is 13.2 Å². The Hall–Kier alpha value is -3.52. The summed E-state index contributed by atoms with van der Waals surface area (Å²) in [6, 6.07) is 23.8. The first-order valence-corrected chi connectivity index (χ1v) is 15.9. The lowest BCUT2D eigenvalue weighted by Crippen LogP contribution is -2.42. The minimum absolute atomic E-state index is 0.194. The number of fused-ring (bicyclic) bond motifs is 1. The molecule has 4 rings (SSSR count). The summed E-state index contributed by atoms with van der Waals surface area (Å²) in [5.74, 6) is -2.76. The molecular weight excluding hydrogens is 603 g/mol. The number of nitrogens with zero attached hydrogens (tertiary/aromatic N) is 1. The van der Waals surface area contributed by atoms with Gasteiger partial charge in [0.25, 0.3) is 10.0 Å². The molecule has 1 heterocycles. The van der Waals surface area contributed by atoms with Gasteiger partial charge in [0.05, 0.1) is 11.0 Å². The molecule has 0 unspecified atom stereocenters. The molecule has 8 nitrogen and oxygen atoms in total. The topological polar surface area (TPSA) is 121 Å². The second kappa shape index (κ2) is 14.3. The number of carboxylic acid groups (broad SMARTS) is 1. The molecule has 0 aliphatic rings. The van der Waals surface area contributed by atoms with E-state index in [-0.39, 0.29) is 10.4 Å². The number of hydrogen-bond acceptors (Lipinski definition) is 6. The number of benzene rings is 3. The smallest absolute Gasteiger partial charge is 0.475 e. The van der Waals surface area contributed by atoms with E-state index in [1.807, 2.05) is 0 Å². The Kier molecular flexibility index (Phi) is 11.3. The molecule has 4 N–H and O–H groups in total. The number of halogens is 3. The van der Waals surface area contributed by atoms with E-state index >= 15 is 0 Å². The summed E-state index contributed by atoms with van der Waals surface area (Å²) in [6.07, 6.45) is -0.769. The predicted molar refractivity (Wildman–Crippen MR) is 163 cm³/mol. The number of aliphatic carboxylic acids is 1. The number of carboxylic acids is 1. The Morgan fingerprint density at radius 1 is 1.00 bits per heavy atom. The van der Waals surface area contributed by atoms with Crippen molar-refractivity contribution in [1.82, 2.24) is 9.88 Å². The Morgan fingerprint density at radius 3 is 2.30 bits per heavy atom. The Balaban J connectivity index is 0.000000646. The van der Waals surface area contributed by atoms with Crippen molar-refractivity contribution in [1.29, 1.82) is 0 Å². The van der Waals surface area contributed by atoms with Crippen LogP contribution in [0.3, 0.4) is 0 Å². The first-order valence-electron chi connectivity index (χ1n) is 13.2. The summed E-state index contributed by atoms with van der Waals surface area (Å²) in [7, 11) is -3.69. The average molecular weight is 638 g/mol. The van der Waals surface area contributed by atoms with Crippen LogP contribution >= 0.6 is 11.8 Å². The van der Waals surface area contributed by atoms with Crippen LogP contribution in [0.5, 0.6) is 0 Å². The van der Waals surface area contributed by atoms with Gasteiger partial charge in [0.15, 0.2) is 0 Å². The zero-order valence-electron chi connectivity index (χ0n) is 23.8. The fourth-order valence-corrected chi connectivity index (χ4v) is 5.62. The van der Waals surface area contributed by atoms with Gasteiger partial charge in [-0.15, -0.1) is 11.8 Å². The third-order valence-corrected chi connectivity index (χ3v) is 8.67. The van der Waals surface area contributed by atoms with Crippen LogP contribution in [0.1, 0.15) is 31.9 Å². The molecule has 0 saturated heterocycles. The molecule has 0 bridgehead atoms. The summed E-state index contributed by atoms with van der Waals surface area (Å²) in [6.45, 7) is 5.46. The van der Waals surface area contributed by atoms with E-state index in [1.165, 1.54) is 15.8 Å². The molecule has 0 radical (unpaired) electrons. The molecule has 0 spiro atoms. The van der Waals surface area contributed by atoms with Gasteiger partial charge in [0.1, 0.15) is 0 Å². The highest BCUT2D eigenvalue weighted by Crippen LogP contribution is 2.25. The van der Waals surface area contributed by atoms with Crippen LogP contribution in [-0.4, -0.2) is 53.7 Å². The number of rotatable bonds is 11. The molecule has 0 aliphatic carbocycles. The number of aryl methyl sites for hydroxylation is 1. The summed E-state index contributed by atoms with van der Waals surface area (Å²) < 4.78 is 61.9. The molecule has 0 amide bonds. The monoisotopic (exact) mass is 637 g/mol. The molecular formula is C30H34F3N3O5S2. The van der Waals surface area contributed by atoms with Crippen molar-refractivity contribution in [3.63, 3.8) is 0 Å². The van der Waals surface area contributed by atoms with Crippen LogP contribution < -0.4 is 10.0 Å². The molecule has 0 fully saturated rings. The van der Waals surface area contributed by atoms with E-state index in [9.17, 15) is 26.7 Å². The molecule has 13 heteroatoms. The first kappa shape index (κ1) is 34.0. The number of aliphatic hydroxyl groups excluding tert-OH is 1. The predicted octanol–water partition coefficient (Wildman–Crippen LogP) is 6.29. The summed E-state index contributed by atoms with van der Waals surface area (Å²) in [5.41, 5.74) is 2.08. The molecule has 1 atom stereocenters. The number of sulfonamides is 1. The largest absolute Gasteiger partial charge is 0.490 e. The minimum atomic E-state index is -5.08. The Labute approximate surface area is 253 Å². The van der Waals surface area contributed by atoms with Crippen LogP contribution in [-0.2, 0) is 21.4 Å². The van der Waals surface area contributed by atoms with Crippen LogP contribution in [0.4, 0.5) is 18.9 Å². The summed E-state index contributed by atoms with van der Waals surface area (Å²) in [5, 5.41) is 22.7. The van der Waals surface area contributed by atoms with Gasteiger partial charge in [-0.25, -0.2) is 13.2 Å².